The fourth-order valence-electron chi connectivity index (χ4n) is 11.1. The molecule has 2 aliphatic carbocycles. The number of hydrogen-bond donors (Lipinski definition) is 0. The first kappa shape index (κ1) is 32.8. The smallest absolute Gasteiger partial charge is 0.235 e. The molecule has 9 aromatic carbocycles. The van der Waals surface area contributed by atoms with Gasteiger partial charge in [0.1, 0.15) is 0 Å². The third kappa shape index (κ3) is 4.23. The summed E-state index contributed by atoms with van der Waals surface area (Å²) < 4.78 is 4.67. The number of aromatic nitrogens is 4. The summed E-state index contributed by atoms with van der Waals surface area (Å²) in [5.41, 5.74) is 18.6. The molecule has 0 amide bonds. The van der Waals surface area contributed by atoms with E-state index in [1.165, 1.54) is 71.7 Å². The highest BCUT2D eigenvalue weighted by Gasteiger charge is 2.51. The van der Waals surface area contributed by atoms with Gasteiger partial charge in [-0.3, -0.25) is 4.57 Å². The van der Waals surface area contributed by atoms with Crippen LogP contribution in [0.3, 0.4) is 0 Å². The zero-order valence-corrected chi connectivity index (χ0v) is 32.9. The molecule has 12 aromatic rings. The highest BCUT2D eigenvalue weighted by molar-refractivity contribution is 6.19. The Morgan fingerprint density at radius 2 is 0.820 bits per heavy atom. The van der Waals surface area contributed by atoms with Crippen molar-refractivity contribution in [1.82, 2.24) is 19.1 Å². The topological polar surface area (TPSA) is 35.6 Å². The van der Waals surface area contributed by atoms with Crippen LogP contribution in [-0.4, -0.2) is 19.1 Å². The molecular weight excluding hydrogens is 741 g/mol. The summed E-state index contributed by atoms with van der Waals surface area (Å²) in [6, 6.07) is 75.3. The Bertz CT molecular complexity index is 3790. The van der Waals surface area contributed by atoms with Crippen molar-refractivity contribution in [3.8, 4) is 45.1 Å². The fourth-order valence-corrected chi connectivity index (χ4v) is 11.1. The first-order valence-electron chi connectivity index (χ1n) is 21.0. The molecule has 4 heteroatoms. The van der Waals surface area contributed by atoms with Crippen molar-refractivity contribution >= 4 is 54.5 Å². The molecular formula is C57H34N4. The molecule has 61 heavy (non-hydrogen) atoms. The Balaban J connectivity index is 1.03. The van der Waals surface area contributed by atoms with Gasteiger partial charge in [0.05, 0.1) is 38.7 Å². The second-order valence-electron chi connectivity index (χ2n) is 16.5. The van der Waals surface area contributed by atoms with Gasteiger partial charge in [-0.2, -0.15) is 0 Å². The molecule has 3 heterocycles. The van der Waals surface area contributed by atoms with Gasteiger partial charge < -0.3 is 4.57 Å². The predicted molar refractivity (Wildman–Crippen MR) is 250 cm³/mol. The van der Waals surface area contributed by atoms with Gasteiger partial charge in [-0.05, 0) is 93.0 Å². The van der Waals surface area contributed by atoms with E-state index in [2.05, 4.69) is 215 Å². The molecule has 1 spiro atoms. The maximum absolute atomic E-state index is 5.60. The zero-order valence-electron chi connectivity index (χ0n) is 32.9. The maximum atomic E-state index is 5.60. The molecule has 14 rings (SSSR count). The molecule has 0 radical (unpaired) electrons. The number of fused-ring (bicyclic) bond motifs is 17. The Hall–Kier alpha value is -8.08. The molecule has 0 saturated carbocycles. The van der Waals surface area contributed by atoms with Crippen molar-refractivity contribution in [3.05, 3.63) is 229 Å². The summed E-state index contributed by atoms with van der Waals surface area (Å²) in [6.07, 6.45) is 0. The molecule has 0 N–H and O–H groups in total. The lowest BCUT2D eigenvalue weighted by Gasteiger charge is -2.30. The van der Waals surface area contributed by atoms with Crippen molar-refractivity contribution in [2.75, 3.05) is 0 Å². The van der Waals surface area contributed by atoms with Crippen LogP contribution in [-0.2, 0) is 5.41 Å². The number of hydrogen-bond acceptors (Lipinski definition) is 2. The minimum Gasteiger partial charge on any atom is -0.309 e. The van der Waals surface area contributed by atoms with Crippen molar-refractivity contribution in [2.24, 2.45) is 0 Å². The molecule has 0 bridgehead atoms. The average molecular weight is 775 g/mol. The molecule has 0 fully saturated rings. The lowest BCUT2D eigenvalue weighted by atomic mass is 9.70. The van der Waals surface area contributed by atoms with Crippen molar-refractivity contribution < 1.29 is 0 Å². The van der Waals surface area contributed by atoms with E-state index in [9.17, 15) is 0 Å². The molecule has 4 nitrogen and oxygen atoms in total. The van der Waals surface area contributed by atoms with Crippen molar-refractivity contribution in [1.29, 1.82) is 0 Å². The summed E-state index contributed by atoms with van der Waals surface area (Å²) in [7, 11) is 0. The van der Waals surface area contributed by atoms with Gasteiger partial charge in [0.2, 0.25) is 5.95 Å². The average Bonchev–Trinajstić information content (AvgIpc) is 4.02. The van der Waals surface area contributed by atoms with E-state index in [4.69, 9.17) is 9.97 Å². The first-order valence-corrected chi connectivity index (χ1v) is 21.0. The second-order valence-corrected chi connectivity index (χ2v) is 16.5. The largest absolute Gasteiger partial charge is 0.309 e. The standard InChI is InChI=1S/C57H34N4/c1-2-16-36(17-3-1)60-51-28-14-8-21-40(51)44-34-54-45(33-53(44)60)41-22-9-15-29-52(41)61(54)56-58-50-27-13-7-23-42(50)55(59-56)35-30-31-49-43(32-35)39-20-6-12-26-48(39)57(49)46-24-10-4-18-37(46)38-19-5-11-25-47(38)57/h1-34H. The monoisotopic (exact) mass is 774 g/mol. The van der Waals surface area contributed by atoms with E-state index in [0.29, 0.717) is 5.95 Å². The Labute approximate surface area is 351 Å². The van der Waals surface area contributed by atoms with Crippen LogP contribution in [0.2, 0.25) is 0 Å². The molecule has 0 saturated heterocycles. The minimum absolute atomic E-state index is 0.394. The molecule has 0 aliphatic heterocycles. The lowest BCUT2D eigenvalue weighted by molar-refractivity contribution is 0.794. The van der Waals surface area contributed by atoms with E-state index >= 15 is 0 Å². The second kappa shape index (κ2) is 12.0. The van der Waals surface area contributed by atoms with E-state index in [-0.39, 0.29) is 0 Å². The van der Waals surface area contributed by atoms with Crippen molar-refractivity contribution in [3.63, 3.8) is 0 Å². The van der Waals surface area contributed by atoms with E-state index in [1.807, 2.05) is 0 Å². The Morgan fingerprint density at radius 1 is 0.328 bits per heavy atom. The van der Waals surface area contributed by atoms with Gasteiger partial charge in [0, 0.05) is 38.2 Å². The third-order valence-corrected chi connectivity index (χ3v) is 13.5. The molecule has 0 atom stereocenters. The minimum atomic E-state index is -0.394. The molecule has 3 aromatic heterocycles. The van der Waals surface area contributed by atoms with Gasteiger partial charge in [-0.15, -0.1) is 0 Å². The normalized spacial score (nSPS) is 13.4. The number of para-hydroxylation sites is 4. The molecule has 0 unspecified atom stereocenters. The van der Waals surface area contributed by atoms with Gasteiger partial charge in [-0.25, -0.2) is 9.97 Å². The van der Waals surface area contributed by atoms with E-state index in [0.717, 1.165) is 44.3 Å². The van der Waals surface area contributed by atoms with Crippen LogP contribution in [0, 0.1) is 0 Å². The molecule has 2 aliphatic rings. The van der Waals surface area contributed by atoms with Crippen LogP contribution in [0.25, 0.3) is 99.7 Å². The van der Waals surface area contributed by atoms with Crippen LogP contribution in [0.4, 0.5) is 0 Å². The SMILES string of the molecule is c1ccc(-n2c3ccccc3c3cc4c(cc32)c2ccccc2n4-c2nc(-c3ccc4c(c3)-c3ccccc3C43c4ccccc4-c4ccccc43)c3ccccc3n2)cc1. The fraction of sp³-hybridized carbons (Fsp3) is 0.0175. The predicted octanol–water partition coefficient (Wildman–Crippen LogP) is 13.8. The van der Waals surface area contributed by atoms with E-state index in [1.54, 1.807) is 0 Å². The number of benzene rings is 9. The van der Waals surface area contributed by atoms with Crippen LogP contribution in [0.5, 0.6) is 0 Å². The Morgan fingerprint density at radius 3 is 1.48 bits per heavy atom. The van der Waals surface area contributed by atoms with Crippen LogP contribution < -0.4 is 0 Å². The van der Waals surface area contributed by atoms with Crippen LogP contribution >= 0.6 is 0 Å². The van der Waals surface area contributed by atoms with Gasteiger partial charge in [0.25, 0.3) is 0 Å². The zero-order chi connectivity index (χ0) is 39.8. The first-order chi connectivity index (χ1) is 30.3. The van der Waals surface area contributed by atoms with Gasteiger partial charge in [0.15, 0.2) is 0 Å². The Kier molecular flexibility index (Phi) is 6.46. The number of rotatable bonds is 3. The summed E-state index contributed by atoms with van der Waals surface area (Å²) in [4.78, 5) is 11.0. The summed E-state index contributed by atoms with van der Waals surface area (Å²) >= 11 is 0. The highest BCUT2D eigenvalue weighted by Crippen LogP contribution is 2.63. The molecule has 282 valence electrons. The van der Waals surface area contributed by atoms with Crippen molar-refractivity contribution in [2.45, 2.75) is 5.41 Å². The van der Waals surface area contributed by atoms with Crippen LogP contribution in [0.1, 0.15) is 22.3 Å². The van der Waals surface area contributed by atoms with Gasteiger partial charge in [-0.1, -0.05) is 158 Å². The lowest BCUT2D eigenvalue weighted by Crippen LogP contribution is -2.25. The maximum Gasteiger partial charge on any atom is 0.235 e. The summed E-state index contributed by atoms with van der Waals surface area (Å²) in [5.74, 6) is 0.655. The third-order valence-electron chi connectivity index (χ3n) is 13.5. The number of nitrogens with zero attached hydrogens (tertiary/aromatic N) is 4. The van der Waals surface area contributed by atoms with Crippen LogP contribution in [0.15, 0.2) is 206 Å². The van der Waals surface area contributed by atoms with Gasteiger partial charge >= 0.3 is 0 Å². The highest BCUT2D eigenvalue weighted by atomic mass is 15.2. The summed E-state index contributed by atoms with van der Waals surface area (Å²) in [5, 5.41) is 5.76. The van der Waals surface area contributed by atoms with E-state index < -0.39 is 5.41 Å². The quantitative estimate of drug-likeness (QED) is 0.179. The summed E-state index contributed by atoms with van der Waals surface area (Å²) in [6.45, 7) is 0.